The largest absolute Gasteiger partial charge is 0.461 e. The normalized spacial score (nSPS) is 10.9. The monoisotopic (exact) mass is 310 g/mol. The van der Waals surface area contributed by atoms with Crippen LogP contribution in [-0.4, -0.2) is 23.5 Å². The zero-order valence-corrected chi connectivity index (χ0v) is 12.9. The molecule has 0 spiro atoms. The number of nitrogens with zero attached hydrogens (tertiary/aromatic N) is 1. The van der Waals surface area contributed by atoms with E-state index in [4.69, 9.17) is 4.74 Å². The number of nitrogens with one attached hydrogen (secondary N) is 1. The van der Waals surface area contributed by atoms with Crippen molar-refractivity contribution in [1.29, 1.82) is 0 Å². The molecular weight excluding hydrogens is 292 g/mol. The van der Waals surface area contributed by atoms with Gasteiger partial charge in [-0.1, -0.05) is 25.1 Å². The summed E-state index contributed by atoms with van der Waals surface area (Å²) in [5.74, 6) is -0.924. The predicted octanol–water partition coefficient (Wildman–Crippen LogP) is 2.81. The SMILES string of the molecule is CCCOC(=O)/C(=C\c1ccncc1)NC(=O)c1ccccc1. The predicted molar refractivity (Wildman–Crippen MR) is 87.4 cm³/mol. The molecule has 0 saturated heterocycles. The lowest BCUT2D eigenvalue weighted by Crippen LogP contribution is -2.28. The van der Waals surface area contributed by atoms with E-state index in [9.17, 15) is 9.59 Å². The number of pyridine rings is 1. The number of carbonyl (C=O) groups is 2. The number of rotatable bonds is 6. The van der Waals surface area contributed by atoms with E-state index in [1.54, 1.807) is 54.9 Å². The smallest absolute Gasteiger partial charge is 0.354 e. The summed E-state index contributed by atoms with van der Waals surface area (Å²) < 4.78 is 5.12. The van der Waals surface area contributed by atoms with Gasteiger partial charge in [-0.05, 0) is 42.3 Å². The van der Waals surface area contributed by atoms with Gasteiger partial charge in [-0.25, -0.2) is 4.79 Å². The van der Waals surface area contributed by atoms with Crippen LogP contribution in [0, 0.1) is 0 Å². The summed E-state index contributed by atoms with van der Waals surface area (Å²) >= 11 is 0. The molecule has 118 valence electrons. The van der Waals surface area contributed by atoms with Crippen LogP contribution >= 0.6 is 0 Å². The molecule has 5 heteroatoms. The highest BCUT2D eigenvalue weighted by molar-refractivity contribution is 6.03. The first-order valence-corrected chi connectivity index (χ1v) is 7.36. The van der Waals surface area contributed by atoms with Crippen LogP contribution in [0.3, 0.4) is 0 Å². The molecule has 0 atom stereocenters. The van der Waals surface area contributed by atoms with Crippen molar-refractivity contribution in [2.75, 3.05) is 6.61 Å². The van der Waals surface area contributed by atoms with Crippen molar-refractivity contribution in [1.82, 2.24) is 10.3 Å². The van der Waals surface area contributed by atoms with Gasteiger partial charge in [0.2, 0.25) is 0 Å². The molecule has 0 aliphatic carbocycles. The highest BCUT2D eigenvalue weighted by Crippen LogP contribution is 2.07. The lowest BCUT2D eigenvalue weighted by atomic mass is 10.2. The average Bonchev–Trinajstić information content (AvgIpc) is 2.60. The van der Waals surface area contributed by atoms with Crippen molar-refractivity contribution in [3.8, 4) is 0 Å². The molecule has 1 aromatic heterocycles. The summed E-state index contributed by atoms with van der Waals surface area (Å²) in [7, 11) is 0. The molecule has 5 nitrogen and oxygen atoms in total. The molecule has 0 radical (unpaired) electrons. The van der Waals surface area contributed by atoms with E-state index in [0.717, 1.165) is 5.56 Å². The van der Waals surface area contributed by atoms with Gasteiger partial charge >= 0.3 is 5.97 Å². The Bertz CT molecular complexity index is 682. The van der Waals surface area contributed by atoms with Gasteiger partial charge in [0.1, 0.15) is 5.70 Å². The minimum absolute atomic E-state index is 0.0958. The highest BCUT2D eigenvalue weighted by Gasteiger charge is 2.15. The van der Waals surface area contributed by atoms with Crippen molar-refractivity contribution in [2.24, 2.45) is 0 Å². The van der Waals surface area contributed by atoms with Gasteiger partial charge in [-0.3, -0.25) is 9.78 Å². The van der Waals surface area contributed by atoms with E-state index in [1.807, 2.05) is 13.0 Å². The van der Waals surface area contributed by atoms with Crippen LogP contribution < -0.4 is 5.32 Å². The van der Waals surface area contributed by atoms with Crippen LogP contribution in [0.15, 0.2) is 60.6 Å². The summed E-state index contributed by atoms with van der Waals surface area (Å²) in [6.07, 6.45) is 5.50. The molecule has 0 bridgehead atoms. The molecule has 1 aromatic carbocycles. The van der Waals surface area contributed by atoms with Gasteiger partial charge in [-0.2, -0.15) is 0 Å². The van der Waals surface area contributed by atoms with Crippen LogP contribution in [0.5, 0.6) is 0 Å². The number of carbonyl (C=O) groups excluding carboxylic acids is 2. The van der Waals surface area contributed by atoms with Crippen molar-refractivity contribution < 1.29 is 14.3 Å². The van der Waals surface area contributed by atoms with Crippen LogP contribution in [0.1, 0.15) is 29.3 Å². The van der Waals surface area contributed by atoms with E-state index in [2.05, 4.69) is 10.3 Å². The Kier molecular flexibility index (Phi) is 6.06. The van der Waals surface area contributed by atoms with E-state index < -0.39 is 5.97 Å². The standard InChI is InChI=1S/C18H18N2O3/c1-2-12-23-18(22)16(13-14-8-10-19-11-9-14)20-17(21)15-6-4-3-5-7-15/h3-11,13H,2,12H2,1H3,(H,20,21)/b16-13+. The number of benzene rings is 1. The average molecular weight is 310 g/mol. The summed E-state index contributed by atoms with van der Waals surface area (Å²) in [6, 6.07) is 12.2. The molecule has 0 aliphatic heterocycles. The molecule has 23 heavy (non-hydrogen) atoms. The fraction of sp³-hybridized carbons (Fsp3) is 0.167. The van der Waals surface area contributed by atoms with Gasteiger partial charge in [0.05, 0.1) is 6.61 Å². The van der Waals surface area contributed by atoms with E-state index in [1.165, 1.54) is 0 Å². The molecule has 1 amide bonds. The van der Waals surface area contributed by atoms with E-state index >= 15 is 0 Å². The Hall–Kier alpha value is -2.95. The molecule has 2 rings (SSSR count). The number of hydrogen-bond donors (Lipinski definition) is 1. The summed E-state index contributed by atoms with van der Waals surface area (Å²) in [4.78, 5) is 28.3. The van der Waals surface area contributed by atoms with Crippen molar-refractivity contribution >= 4 is 18.0 Å². The summed E-state index contributed by atoms with van der Waals surface area (Å²) in [5, 5.41) is 2.62. The third-order valence-corrected chi connectivity index (χ3v) is 2.96. The van der Waals surface area contributed by atoms with Gasteiger partial charge in [0.25, 0.3) is 5.91 Å². The molecule has 1 N–H and O–H groups in total. The fourth-order valence-corrected chi connectivity index (χ4v) is 1.83. The first-order valence-electron chi connectivity index (χ1n) is 7.36. The van der Waals surface area contributed by atoms with E-state index in [0.29, 0.717) is 18.6 Å². The van der Waals surface area contributed by atoms with Crippen LogP contribution in [0.25, 0.3) is 6.08 Å². The summed E-state index contributed by atoms with van der Waals surface area (Å²) in [5.41, 5.74) is 1.31. The second-order valence-corrected chi connectivity index (χ2v) is 4.79. The van der Waals surface area contributed by atoms with Crippen LogP contribution in [0.2, 0.25) is 0 Å². The van der Waals surface area contributed by atoms with Gasteiger partial charge < -0.3 is 10.1 Å². The number of aromatic nitrogens is 1. The third kappa shape index (κ3) is 5.07. The maximum atomic E-state index is 12.3. The number of amides is 1. The molecular formula is C18H18N2O3. The number of esters is 1. The van der Waals surface area contributed by atoms with Crippen LogP contribution in [0.4, 0.5) is 0 Å². The van der Waals surface area contributed by atoms with E-state index in [-0.39, 0.29) is 11.6 Å². The molecule has 0 fully saturated rings. The Morgan fingerprint density at radius 1 is 1.13 bits per heavy atom. The lowest BCUT2D eigenvalue weighted by molar-refractivity contribution is -0.139. The van der Waals surface area contributed by atoms with Crippen LogP contribution in [-0.2, 0) is 9.53 Å². The Morgan fingerprint density at radius 3 is 2.48 bits per heavy atom. The maximum absolute atomic E-state index is 12.3. The van der Waals surface area contributed by atoms with Crippen molar-refractivity contribution in [3.05, 3.63) is 71.7 Å². The molecule has 0 aliphatic rings. The molecule has 0 saturated carbocycles. The van der Waals surface area contributed by atoms with Crippen molar-refractivity contribution in [3.63, 3.8) is 0 Å². The second kappa shape index (κ2) is 8.48. The minimum Gasteiger partial charge on any atom is -0.461 e. The molecule has 2 aromatic rings. The van der Waals surface area contributed by atoms with Gasteiger partial charge in [-0.15, -0.1) is 0 Å². The Labute approximate surface area is 135 Å². The Balaban J connectivity index is 2.21. The van der Waals surface area contributed by atoms with Gasteiger partial charge in [0.15, 0.2) is 0 Å². The van der Waals surface area contributed by atoms with Crippen molar-refractivity contribution in [2.45, 2.75) is 13.3 Å². The fourth-order valence-electron chi connectivity index (χ4n) is 1.83. The number of hydrogen-bond acceptors (Lipinski definition) is 4. The minimum atomic E-state index is -0.562. The highest BCUT2D eigenvalue weighted by atomic mass is 16.5. The first kappa shape index (κ1) is 16.4. The molecule has 0 unspecified atom stereocenters. The zero-order chi connectivity index (χ0) is 16.5. The lowest BCUT2D eigenvalue weighted by Gasteiger charge is -2.10. The zero-order valence-electron chi connectivity index (χ0n) is 12.9. The topological polar surface area (TPSA) is 68.3 Å². The quantitative estimate of drug-likeness (QED) is 0.658. The summed E-state index contributed by atoms with van der Waals surface area (Å²) in [6.45, 7) is 2.20. The first-order chi connectivity index (χ1) is 11.2. The Morgan fingerprint density at radius 2 is 1.83 bits per heavy atom. The second-order valence-electron chi connectivity index (χ2n) is 4.79. The third-order valence-electron chi connectivity index (χ3n) is 2.96. The van der Waals surface area contributed by atoms with Gasteiger partial charge in [0, 0.05) is 18.0 Å². The maximum Gasteiger partial charge on any atom is 0.354 e. The number of ether oxygens (including phenoxy) is 1. The molecule has 1 heterocycles.